The van der Waals surface area contributed by atoms with E-state index in [4.69, 9.17) is 5.73 Å². The summed E-state index contributed by atoms with van der Waals surface area (Å²) in [6.45, 7) is 4.62. The Morgan fingerprint density at radius 2 is 2.13 bits per heavy atom. The zero-order valence-electron chi connectivity index (χ0n) is 8.94. The van der Waals surface area contributed by atoms with Gasteiger partial charge in [0, 0.05) is 18.1 Å². The van der Waals surface area contributed by atoms with Crippen molar-refractivity contribution in [2.75, 3.05) is 5.73 Å². The van der Waals surface area contributed by atoms with Crippen molar-refractivity contribution in [1.82, 2.24) is 14.8 Å². The highest BCUT2D eigenvalue weighted by Crippen LogP contribution is 2.10. The van der Waals surface area contributed by atoms with Crippen LogP contribution in [0.1, 0.15) is 17.0 Å². The number of nitrogens with zero attached hydrogens (tertiary/aromatic N) is 3. The first kappa shape index (κ1) is 9.71. The monoisotopic (exact) mass is 202 g/mol. The first-order valence-corrected chi connectivity index (χ1v) is 4.87. The van der Waals surface area contributed by atoms with Crippen molar-refractivity contribution >= 4 is 5.69 Å². The number of nitrogen functional groups attached to an aromatic ring is 1. The third-order valence-corrected chi connectivity index (χ3v) is 2.43. The lowest BCUT2D eigenvalue weighted by molar-refractivity contribution is 0.674. The van der Waals surface area contributed by atoms with Gasteiger partial charge >= 0.3 is 0 Å². The van der Waals surface area contributed by atoms with Gasteiger partial charge in [-0.25, -0.2) is 0 Å². The van der Waals surface area contributed by atoms with E-state index in [9.17, 15) is 0 Å². The van der Waals surface area contributed by atoms with Gasteiger partial charge in [-0.3, -0.25) is 9.67 Å². The summed E-state index contributed by atoms with van der Waals surface area (Å²) in [7, 11) is 0. The number of pyridine rings is 1. The highest BCUT2D eigenvalue weighted by molar-refractivity contribution is 5.39. The van der Waals surface area contributed by atoms with Gasteiger partial charge in [0.15, 0.2) is 0 Å². The fraction of sp³-hybridized carbons (Fsp3) is 0.273. The molecule has 0 amide bonds. The Morgan fingerprint density at radius 1 is 1.33 bits per heavy atom. The van der Waals surface area contributed by atoms with Crippen molar-refractivity contribution in [3.05, 3.63) is 41.5 Å². The molecule has 0 saturated carbocycles. The van der Waals surface area contributed by atoms with E-state index in [0.29, 0.717) is 0 Å². The van der Waals surface area contributed by atoms with E-state index in [1.54, 1.807) is 6.20 Å². The first-order chi connectivity index (χ1) is 7.16. The van der Waals surface area contributed by atoms with Crippen molar-refractivity contribution in [1.29, 1.82) is 0 Å². The van der Waals surface area contributed by atoms with Crippen molar-refractivity contribution in [3.63, 3.8) is 0 Å². The van der Waals surface area contributed by atoms with Crippen LogP contribution in [0.25, 0.3) is 0 Å². The maximum atomic E-state index is 5.73. The van der Waals surface area contributed by atoms with E-state index in [2.05, 4.69) is 16.1 Å². The van der Waals surface area contributed by atoms with Gasteiger partial charge in [0.05, 0.1) is 17.9 Å². The maximum Gasteiger partial charge on any atom is 0.0823 e. The molecule has 2 aromatic heterocycles. The zero-order valence-corrected chi connectivity index (χ0v) is 8.94. The predicted molar refractivity (Wildman–Crippen MR) is 59.5 cm³/mol. The molecule has 15 heavy (non-hydrogen) atoms. The van der Waals surface area contributed by atoms with Crippen LogP contribution in [0.5, 0.6) is 0 Å². The molecule has 0 aliphatic carbocycles. The molecule has 0 spiro atoms. The summed E-state index contributed by atoms with van der Waals surface area (Å²) in [5, 5.41) is 4.31. The van der Waals surface area contributed by atoms with Gasteiger partial charge in [0.1, 0.15) is 0 Å². The van der Waals surface area contributed by atoms with Gasteiger partial charge in [-0.2, -0.15) is 5.10 Å². The summed E-state index contributed by atoms with van der Waals surface area (Å²) in [6, 6.07) is 3.98. The molecule has 4 heteroatoms. The molecule has 78 valence electrons. The molecule has 0 aromatic carbocycles. The molecule has 0 aliphatic heterocycles. The fourth-order valence-electron chi connectivity index (χ4n) is 1.47. The second kappa shape index (κ2) is 3.73. The Labute approximate surface area is 88.8 Å². The number of hydrogen-bond donors (Lipinski definition) is 1. The molecule has 0 radical (unpaired) electrons. The fourth-order valence-corrected chi connectivity index (χ4v) is 1.47. The quantitative estimate of drug-likeness (QED) is 0.803. The van der Waals surface area contributed by atoms with Gasteiger partial charge in [0.2, 0.25) is 0 Å². The van der Waals surface area contributed by atoms with Crippen molar-refractivity contribution in [3.8, 4) is 0 Å². The lowest BCUT2D eigenvalue weighted by Gasteiger charge is -2.04. The van der Waals surface area contributed by atoms with Gasteiger partial charge < -0.3 is 5.73 Å². The largest absolute Gasteiger partial charge is 0.396 e. The van der Waals surface area contributed by atoms with Crippen LogP contribution in [0.4, 0.5) is 5.69 Å². The molecule has 4 nitrogen and oxygen atoms in total. The lowest BCUT2D eigenvalue weighted by Crippen LogP contribution is -2.03. The molecule has 2 rings (SSSR count). The third kappa shape index (κ3) is 1.98. The average Bonchev–Trinajstić information content (AvgIpc) is 2.50. The van der Waals surface area contributed by atoms with Crippen LogP contribution in [-0.4, -0.2) is 14.8 Å². The molecule has 0 atom stereocenters. The Balaban J connectivity index is 2.26. The highest BCUT2D eigenvalue weighted by Gasteiger charge is 2.03. The summed E-state index contributed by atoms with van der Waals surface area (Å²) in [6.07, 6.45) is 3.64. The molecule has 0 saturated heterocycles. The summed E-state index contributed by atoms with van der Waals surface area (Å²) in [5.41, 5.74) is 9.54. The molecular weight excluding hydrogens is 188 g/mol. The van der Waals surface area contributed by atoms with Gasteiger partial charge in [0.25, 0.3) is 0 Å². The normalized spacial score (nSPS) is 10.5. The van der Waals surface area contributed by atoms with Crippen LogP contribution in [0, 0.1) is 13.8 Å². The van der Waals surface area contributed by atoms with Crippen LogP contribution >= 0.6 is 0 Å². The number of aromatic nitrogens is 3. The standard InChI is InChI=1S/C11H14N4/c1-8-10(4-3-5-13-8)6-15-7-11(12)9(2)14-15/h3-5,7H,6,12H2,1-2H3. The Morgan fingerprint density at radius 3 is 2.73 bits per heavy atom. The van der Waals surface area contributed by atoms with E-state index < -0.39 is 0 Å². The third-order valence-electron chi connectivity index (χ3n) is 2.43. The van der Waals surface area contributed by atoms with E-state index in [1.807, 2.05) is 30.8 Å². The minimum absolute atomic E-state index is 0.720. The van der Waals surface area contributed by atoms with Crippen LogP contribution in [0.2, 0.25) is 0 Å². The van der Waals surface area contributed by atoms with Crippen LogP contribution < -0.4 is 5.73 Å². The molecule has 2 heterocycles. The molecule has 0 aliphatic rings. The number of rotatable bonds is 2. The number of nitrogens with two attached hydrogens (primary N) is 1. The predicted octanol–water partition coefficient (Wildman–Crippen LogP) is 1.53. The van der Waals surface area contributed by atoms with Crippen molar-refractivity contribution in [2.45, 2.75) is 20.4 Å². The smallest absolute Gasteiger partial charge is 0.0823 e. The van der Waals surface area contributed by atoms with E-state index in [1.165, 1.54) is 5.56 Å². The number of hydrogen-bond acceptors (Lipinski definition) is 3. The van der Waals surface area contributed by atoms with E-state index >= 15 is 0 Å². The maximum absolute atomic E-state index is 5.73. The first-order valence-electron chi connectivity index (χ1n) is 4.87. The average molecular weight is 202 g/mol. The van der Waals surface area contributed by atoms with Crippen LogP contribution in [0.15, 0.2) is 24.5 Å². The molecule has 0 unspecified atom stereocenters. The van der Waals surface area contributed by atoms with Gasteiger partial charge in [-0.05, 0) is 25.5 Å². The Bertz CT molecular complexity index is 454. The second-order valence-electron chi connectivity index (χ2n) is 3.62. The van der Waals surface area contributed by atoms with E-state index in [-0.39, 0.29) is 0 Å². The summed E-state index contributed by atoms with van der Waals surface area (Å²) in [5.74, 6) is 0. The Hall–Kier alpha value is -1.84. The summed E-state index contributed by atoms with van der Waals surface area (Å²) in [4.78, 5) is 4.23. The number of anilines is 1. The van der Waals surface area contributed by atoms with E-state index in [0.717, 1.165) is 23.6 Å². The SMILES string of the molecule is Cc1nn(Cc2cccnc2C)cc1N. The van der Waals surface area contributed by atoms with Crippen molar-refractivity contribution < 1.29 is 0 Å². The van der Waals surface area contributed by atoms with Crippen molar-refractivity contribution in [2.24, 2.45) is 0 Å². The minimum Gasteiger partial charge on any atom is -0.396 e. The summed E-state index contributed by atoms with van der Waals surface area (Å²) >= 11 is 0. The molecule has 0 fully saturated rings. The molecule has 0 bridgehead atoms. The summed E-state index contributed by atoms with van der Waals surface area (Å²) < 4.78 is 1.84. The van der Waals surface area contributed by atoms with Crippen LogP contribution in [-0.2, 0) is 6.54 Å². The molecule has 2 aromatic rings. The zero-order chi connectivity index (χ0) is 10.8. The Kier molecular flexibility index (Phi) is 2.41. The molecular formula is C11H14N4. The second-order valence-corrected chi connectivity index (χ2v) is 3.62. The molecule has 2 N–H and O–H groups in total. The van der Waals surface area contributed by atoms with Gasteiger partial charge in [-0.1, -0.05) is 6.07 Å². The topological polar surface area (TPSA) is 56.7 Å². The lowest BCUT2D eigenvalue weighted by atomic mass is 10.2. The minimum atomic E-state index is 0.720. The van der Waals surface area contributed by atoms with Crippen LogP contribution in [0.3, 0.4) is 0 Å². The van der Waals surface area contributed by atoms with Gasteiger partial charge in [-0.15, -0.1) is 0 Å². The highest BCUT2D eigenvalue weighted by atomic mass is 15.3. The number of aryl methyl sites for hydroxylation is 2.